The third-order valence-corrected chi connectivity index (χ3v) is 2.88. The van der Waals surface area contributed by atoms with Gasteiger partial charge in [0.15, 0.2) is 11.5 Å². The van der Waals surface area contributed by atoms with Gasteiger partial charge in [-0.1, -0.05) is 11.8 Å². The molecule has 0 amide bonds. The molecular formula is C13H16N4O2S. The lowest BCUT2D eigenvalue weighted by molar-refractivity contribution is 0.174. The van der Waals surface area contributed by atoms with Crippen molar-refractivity contribution < 1.29 is 9.47 Å². The second-order valence-electron chi connectivity index (χ2n) is 4.15. The molecule has 0 saturated carbocycles. The van der Waals surface area contributed by atoms with Crippen molar-refractivity contribution in [1.29, 1.82) is 0 Å². The van der Waals surface area contributed by atoms with Crippen molar-refractivity contribution in [3.05, 3.63) is 23.8 Å². The van der Waals surface area contributed by atoms with Gasteiger partial charge in [0.25, 0.3) is 0 Å². The summed E-state index contributed by atoms with van der Waals surface area (Å²) in [5.74, 6) is 1.49. The third kappa shape index (κ3) is 3.99. The number of aliphatic imine (C=N–C) groups is 1. The van der Waals surface area contributed by atoms with Crippen LogP contribution in [0.3, 0.4) is 0 Å². The number of rotatable bonds is 3. The lowest BCUT2D eigenvalue weighted by Gasteiger charge is -2.01. The van der Waals surface area contributed by atoms with Gasteiger partial charge in [0.05, 0.1) is 12.6 Å². The Hall–Kier alpha value is -2.02. The minimum atomic E-state index is 0.268. The van der Waals surface area contributed by atoms with Crippen LogP contribution in [0.25, 0.3) is 0 Å². The van der Waals surface area contributed by atoms with Crippen LogP contribution in [0.15, 0.2) is 33.4 Å². The van der Waals surface area contributed by atoms with E-state index in [9.17, 15) is 0 Å². The van der Waals surface area contributed by atoms with Gasteiger partial charge in [-0.3, -0.25) is 0 Å². The van der Waals surface area contributed by atoms with Crippen LogP contribution in [0, 0.1) is 0 Å². The first-order valence-corrected chi connectivity index (χ1v) is 7.17. The quantitative estimate of drug-likeness (QED) is 0.486. The highest BCUT2D eigenvalue weighted by molar-refractivity contribution is 8.13. The fourth-order valence-corrected chi connectivity index (χ4v) is 1.70. The number of benzene rings is 1. The van der Waals surface area contributed by atoms with Crippen LogP contribution in [0.2, 0.25) is 0 Å². The van der Waals surface area contributed by atoms with Crippen molar-refractivity contribution >= 4 is 29.5 Å². The van der Waals surface area contributed by atoms with E-state index in [4.69, 9.17) is 9.47 Å². The second kappa shape index (κ2) is 6.95. The number of amidine groups is 1. The molecule has 0 aromatic heterocycles. The van der Waals surface area contributed by atoms with Crippen LogP contribution < -0.4 is 9.47 Å². The average Bonchev–Trinajstić information content (AvgIpc) is 2.89. The Morgan fingerprint density at radius 3 is 2.85 bits per heavy atom. The summed E-state index contributed by atoms with van der Waals surface area (Å²) < 4.78 is 10.5. The van der Waals surface area contributed by atoms with Gasteiger partial charge in [-0.05, 0) is 30.0 Å². The third-order valence-electron chi connectivity index (χ3n) is 2.33. The van der Waals surface area contributed by atoms with E-state index in [0.717, 1.165) is 17.1 Å². The van der Waals surface area contributed by atoms with E-state index in [-0.39, 0.29) is 6.79 Å². The summed E-state index contributed by atoms with van der Waals surface area (Å²) >= 11 is 1.43. The topological polar surface area (TPSA) is 58.8 Å². The van der Waals surface area contributed by atoms with E-state index in [1.54, 1.807) is 12.6 Å². The molecule has 0 aliphatic carbocycles. The van der Waals surface area contributed by atoms with Crippen molar-refractivity contribution in [2.24, 2.45) is 15.2 Å². The van der Waals surface area contributed by atoms with Crippen molar-refractivity contribution in [2.45, 2.75) is 0 Å². The molecule has 0 radical (unpaired) electrons. The predicted octanol–water partition coefficient (Wildman–Crippen LogP) is 2.06. The van der Waals surface area contributed by atoms with Gasteiger partial charge < -0.3 is 14.4 Å². The molecule has 1 aliphatic rings. The van der Waals surface area contributed by atoms with Crippen LogP contribution in [-0.2, 0) is 0 Å². The highest BCUT2D eigenvalue weighted by Gasteiger charge is 2.12. The molecule has 0 fully saturated rings. The van der Waals surface area contributed by atoms with Crippen molar-refractivity contribution in [3.8, 4) is 11.5 Å². The first kappa shape index (κ1) is 14.4. The average molecular weight is 292 g/mol. The van der Waals surface area contributed by atoms with Gasteiger partial charge >= 0.3 is 0 Å². The largest absolute Gasteiger partial charge is 0.454 e. The Labute approximate surface area is 122 Å². The van der Waals surface area contributed by atoms with Crippen molar-refractivity contribution in [1.82, 2.24) is 4.90 Å². The molecule has 1 heterocycles. The fraction of sp³-hybridized carbons (Fsp3) is 0.308. The monoisotopic (exact) mass is 292 g/mol. The molecule has 1 aromatic rings. The first-order valence-electron chi connectivity index (χ1n) is 5.94. The molecule has 0 bridgehead atoms. The Kier molecular flexibility index (Phi) is 5.00. The molecule has 7 heteroatoms. The van der Waals surface area contributed by atoms with Gasteiger partial charge in [0.2, 0.25) is 12.0 Å². The molecule has 0 unspecified atom stereocenters. The Morgan fingerprint density at radius 1 is 1.30 bits per heavy atom. The van der Waals surface area contributed by atoms with E-state index in [1.165, 1.54) is 11.8 Å². The minimum absolute atomic E-state index is 0.268. The molecule has 1 aromatic carbocycles. The maximum Gasteiger partial charge on any atom is 0.231 e. The molecule has 0 atom stereocenters. The highest BCUT2D eigenvalue weighted by Crippen LogP contribution is 2.31. The van der Waals surface area contributed by atoms with Crippen LogP contribution in [0.5, 0.6) is 11.5 Å². The molecule has 6 nitrogen and oxygen atoms in total. The molecule has 0 spiro atoms. The summed E-state index contributed by atoms with van der Waals surface area (Å²) in [6.07, 6.45) is 5.25. The summed E-state index contributed by atoms with van der Waals surface area (Å²) in [5, 5.41) is 8.68. The molecular weight excluding hydrogens is 276 g/mol. The Morgan fingerprint density at radius 2 is 2.10 bits per heavy atom. The maximum absolute atomic E-state index is 5.30. The SMILES string of the molecule is CS/C(N=CN(C)C)=N/N=C/c1ccc2c(c1)OCO2. The van der Waals surface area contributed by atoms with E-state index >= 15 is 0 Å². The van der Waals surface area contributed by atoms with Crippen LogP contribution >= 0.6 is 11.8 Å². The number of hydrogen-bond acceptors (Lipinski definition) is 5. The molecule has 0 saturated heterocycles. The minimum Gasteiger partial charge on any atom is -0.454 e. The number of fused-ring (bicyclic) bond motifs is 1. The fourth-order valence-electron chi connectivity index (χ4n) is 1.42. The van der Waals surface area contributed by atoms with Crippen LogP contribution in [-0.4, -0.2) is 49.8 Å². The van der Waals surface area contributed by atoms with E-state index in [1.807, 2.05) is 43.5 Å². The van der Waals surface area contributed by atoms with E-state index in [2.05, 4.69) is 15.2 Å². The van der Waals surface area contributed by atoms with Gasteiger partial charge in [0, 0.05) is 14.1 Å². The van der Waals surface area contributed by atoms with Gasteiger partial charge in [0.1, 0.15) is 0 Å². The van der Waals surface area contributed by atoms with Gasteiger partial charge in [-0.15, -0.1) is 5.10 Å². The summed E-state index contributed by atoms with van der Waals surface area (Å²) in [5.41, 5.74) is 0.898. The van der Waals surface area contributed by atoms with Gasteiger partial charge in [-0.2, -0.15) is 5.10 Å². The van der Waals surface area contributed by atoms with Crippen LogP contribution in [0.4, 0.5) is 0 Å². The Balaban J connectivity index is 2.04. The first-order chi connectivity index (χ1) is 9.69. The summed E-state index contributed by atoms with van der Waals surface area (Å²) in [6, 6.07) is 5.62. The molecule has 2 rings (SSSR count). The normalized spacial score (nSPS) is 14.4. The summed E-state index contributed by atoms with van der Waals surface area (Å²) in [6.45, 7) is 0.268. The number of hydrogen-bond donors (Lipinski definition) is 0. The number of nitrogens with zero attached hydrogens (tertiary/aromatic N) is 4. The lowest BCUT2D eigenvalue weighted by atomic mass is 10.2. The van der Waals surface area contributed by atoms with E-state index < -0.39 is 0 Å². The molecule has 1 aliphatic heterocycles. The van der Waals surface area contributed by atoms with E-state index in [0.29, 0.717) is 5.17 Å². The number of thioether (sulfide) groups is 1. The zero-order valence-electron chi connectivity index (χ0n) is 11.6. The predicted molar refractivity (Wildman–Crippen MR) is 83.3 cm³/mol. The standard InChI is InChI=1S/C13H16N4O2S/c1-17(2)8-14-13(20-3)16-15-7-10-4-5-11-12(6-10)19-9-18-11/h4-8H,9H2,1-3H3/b14-8?,15-7+,16-13+. The lowest BCUT2D eigenvalue weighted by Crippen LogP contribution is -2.08. The smallest absolute Gasteiger partial charge is 0.231 e. The zero-order chi connectivity index (χ0) is 14.4. The maximum atomic E-state index is 5.30. The zero-order valence-corrected chi connectivity index (χ0v) is 12.4. The number of ether oxygens (including phenoxy) is 2. The Bertz CT molecular complexity index is 555. The molecule has 20 heavy (non-hydrogen) atoms. The van der Waals surface area contributed by atoms with Crippen molar-refractivity contribution in [3.63, 3.8) is 0 Å². The van der Waals surface area contributed by atoms with Gasteiger partial charge in [-0.25, -0.2) is 4.99 Å². The highest BCUT2D eigenvalue weighted by atomic mass is 32.2. The summed E-state index contributed by atoms with van der Waals surface area (Å²) in [4.78, 5) is 6.03. The van der Waals surface area contributed by atoms with Crippen molar-refractivity contribution in [2.75, 3.05) is 27.1 Å². The second-order valence-corrected chi connectivity index (χ2v) is 4.93. The summed E-state index contributed by atoms with van der Waals surface area (Å²) in [7, 11) is 3.80. The van der Waals surface area contributed by atoms with Crippen LogP contribution in [0.1, 0.15) is 5.56 Å². The molecule has 0 N–H and O–H groups in total. The molecule has 106 valence electrons.